The van der Waals surface area contributed by atoms with Crippen LogP contribution in [0.2, 0.25) is 5.02 Å². The van der Waals surface area contributed by atoms with Crippen molar-refractivity contribution in [1.29, 1.82) is 0 Å². The molecule has 1 aliphatic rings. The van der Waals surface area contributed by atoms with Crippen molar-refractivity contribution in [1.82, 2.24) is 4.90 Å². The van der Waals surface area contributed by atoms with Crippen LogP contribution in [0.3, 0.4) is 0 Å². The predicted octanol–water partition coefficient (Wildman–Crippen LogP) is 2.18. The number of hydrogen-bond donors (Lipinski definition) is 1. The average molecular weight is 256 g/mol. The summed E-state index contributed by atoms with van der Waals surface area (Å²) in [6, 6.07) is 7.32. The zero-order valence-electron chi connectivity index (χ0n) is 9.81. The second-order valence-corrected chi connectivity index (χ2v) is 4.81. The number of rotatable bonds is 5. The SMILES string of the molecule is O[C@@H](COc1ccccc1Cl)CN1CCCC1. The van der Waals surface area contributed by atoms with E-state index >= 15 is 0 Å². The van der Waals surface area contributed by atoms with Crippen LogP contribution < -0.4 is 4.74 Å². The normalized spacial score (nSPS) is 18.2. The van der Waals surface area contributed by atoms with Crippen molar-refractivity contribution in [3.8, 4) is 5.75 Å². The molecule has 1 atom stereocenters. The highest BCUT2D eigenvalue weighted by Crippen LogP contribution is 2.23. The number of nitrogens with zero attached hydrogens (tertiary/aromatic N) is 1. The van der Waals surface area contributed by atoms with Crippen molar-refractivity contribution in [2.45, 2.75) is 18.9 Å². The van der Waals surface area contributed by atoms with Crippen LogP contribution in [0.1, 0.15) is 12.8 Å². The predicted molar refractivity (Wildman–Crippen MR) is 68.6 cm³/mol. The molecule has 0 bridgehead atoms. The van der Waals surface area contributed by atoms with Crippen LogP contribution >= 0.6 is 11.6 Å². The monoisotopic (exact) mass is 255 g/mol. The van der Waals surface area contributed by atoms with E-state index in [4.69, 9.17) is 16.3 Å². The summed E-state index contributed by atoms with van der Waals surface area (Å²) in [7, 11) is 0. The maximum atomic E-state index is 9.85. The van der Waals surface area contributed by atoms with Crippen molar-refractivity contribution in [2.24, 2.45) is 0 Å². The van der Waals surface area contributed by atoms with Gasteiger partial charge in [-0.2, -0.15) is 0 Å². The third kappa shape index (κ3) is 3.87. The van der Waals surface area contributed by atoms with Gasteiger partial charge in [0.05, 0.1) is 5.02 Å². The molecule has 1 fully saturated rings. The molecule has 1 N–H and O–H groups in total. The minimum atomic E-state index is -0.454. The molecule has 1 saturated heterocycles. The lowest BCUT2D eigenvalue weighted by molar-refractivity contribution is 0.0759. The fraction of sp³-hybridized carbons (Fsp3) is 0.538. The van der Waals surface area contributed by atoms with E-state index in [1.54, 1.807) is 6.07 Å². The molecule has 0 unspecified atom stereocenters. The number of aliphatic hydroxyl groups is 1. The Morgan fingerprint density at radius 1 is 1.29 bits per heavy atom. The quantitative estimate of drug-likeness (QED) is 0.875. The fourth-order valence-corrected chi connectivity index (χ4v) is 2.25. The number of halogens is 1. The lowest BCUT2D eigenvalue weighted by Gasteiger charge is -2.19. The summed E-state index contributed by atoms with van der Waals surface area (Å²) in [4.78, 5) is 2.26. The summed E-state index contributed by atoms with van der Waals surface area (Å²) in [6.45, 7) is 3.15. The Labute approximate surface area is 107 Å². The third-order valence-corrected chi connectivity index (χ3v) is 3.25. The maximum Gasteiger partial charge on any atom is 0.138 e. The zero-order valence-corrected chi connectivity index (χ0v) is 10.6. The number of likely N-dealkylation sites (tertiary alicyclic amines) is 1. The number of para-hydroxylation sites is 1. The van der Waals surface area contributed by atoms with Crippen LogP contribution in [0.25, 0.3) is 0 Å². The van der Waals surface area contributed by atoms with E-state index in [1.165, 1.54) is 12.8 Å². The molecule has 1 aromatic carbocycles. The Balaban J connectivity index is 1.75. The number of aliphatic hydroxyl groups excluding tert-OH is 1. The minimum Gasteiger partial charge on any atom is -0.489 e. The molecule has 4 heteroatoms. The largest absolute Gasteiger partial charge is 0.489 e. The zero-order chi connectivity index (χ0) is 12.1. The smallest absolute Gasteiger partial charge is 0.138 e. The van der Waals surface area contributed by atoms with Gasteiger partial charge in [0.25, 0.3) is 0 Å². The van der Waals surface area contributed by atoms with E-state index in [0.717, 1.165) is 13.1 Å². The summed E-state index contributed by atoms with van der Waals surface area (Å²) in [6.07, 6.45) is 2.01. The van der Waals surface area contributed by atoms with Gasteiger partial charge in [-0.05, 0) is 38.1 Å². The Bertz CT molecular complexity index is 353. The molecule has 1 aromatic rings. The number of hydrogen-bond acceptors (Lipinski definition) is 3. The Kier molecular flexibility index (Phi) is 4.66. The average Bonchev–Trinajstić information content (AvgIpc) is 2.81. The highest BCUT2D eigenvalue weighted by molar-refractivity contribution is 6.32. The summed E-state index contributed by atoms with van der Waals surface area (Å²) >= 11 is 5.96. The van der Waals surface area contributed by atoms with Crippen LogP contribution in [0.5, 0.6) is 5.75 Å². The molecule has 3 nitrogen and oxygen atoms in total. The van der Waals surface area contributed by atoms with Gasteiger partial charge in [-0.25, -0.2) is 0 Å². The Morgan fingerprint density at radius 2 is 2.00 bits per heavy atom. The van der Waals surface area contributed by atoms with E-state index in [0.29, 0.717) is 23.9 Å². The molecular weight excluding hydrogens is 238 g/mol. The standard InChI is InChI=1S/C13H18ClNO2/c14-12-5-1-2-6-13(12)17-10-11(16)9-15-7-3-4-8-15/h1-2,5-6,11,16H,3-4,7-10H2/t11-/m1/s1. The van der Waals surface area contributed by atoms with Gasteiger partial charge in [-0.1, -0.05) is 23.7 Å². The van der Waals surface area contributed by atoms with Crippen molar-refractivity contribution in [2.75, 3.05) is 26.2 Å². The van der Waals surface area contributed by atoms with E-state index in [2.05, 4.69) is 4.90 Å². The minimum absolute atomic E-state index is 0.292. The summed E-state index contributed by atoms with van der Waals surface area (Å²) in [5, 5.41) is 10.4. The third-order valence-electron chi connectivity index (χ3n) is 2.94. The highest BCUT2D eigenvalue weighted by Gasteiger charge is 2.16. The number of ether oxygens (including phenoxy) is 1. The van der Waals surface area contributed by atoms with Gasteiger partial charge in [0, 0.05) is 6.54 Å². The van der Waals surface area contributed by atoms with Crippen LogP contribution in [0, 0.1) is 0 Å². The molecule has 17 heavy (non-hydrogen) atoms. The molecule has 94 valence electrons. The van der Waals surface area contributed by atoms with Gasteiger partial charge in [-0.3, -0.25) is 0 Å². The van der Waals surface area contributed by atoms with Gasteiger partial charge < -0.3 is 14.7 Å². The first-order chi connectivity index (χ1) is 8.25. The molecule has 0 amide bonds. The second-order valence-electron chi connectivity index (χ2n) is 4.40. The summed E-state index contributed by atoms with van der Waals surface area (Å²) in [5.41, 5.74) is 0. The van der Waals surface area contributed by atoms with E-state index in [1.807, 2.05) is 18.2 Å². The first-order valence-corrected chi connectivity index (χ1v) is 6.41. The molecule has 0 aromatic heterocycles. The van der Waals surface area contributed by atoms with Crippen LogP contribution in [0.4, 0.5) is 0 Å². The van der Waals surface area contributed by atoms with Crippen LogP contribution in [-0.2, 0) is 0 Å². The van der Waals surface area contributed by atoms with Crippen molar-refractivity contribution in [3.05, 3.63) is 29.3 Å². The van der Waals surface area contributed by atoms with Gasteiger partial charge in [-0.15, -0.1) is 0 Å². The van der Waals surface area contributed by atoms with E-state index in [9.17, 15) is 5.11 Å². The second kappa shape index (κ2) is 6.24. The van der Waals surface area contributed by atoms with Crippen LogP contribution in [0.15, 0.2) is 24.3 Å². The number of β-amino-alcohol motifs (C(OH)–C–C–N with tert-alkyl or cyclic N) is 1. The summed E-state index contributed by atoms with van der Waals surface area (Å²) in [5.74, 6) is 0.634. The molecule has 2 rings (SSSR count). The van der Waals surface area contributed by atoms with Gasteiger partial charge in [0.2, 0.25) is 0 Å². The molecule has 0 aliphatic carbocycles. The first-order valence-electron chi connectivity index (χ1n) is 6.03. The number of benzene rings is 1. The molecule has 1 aliphatic heterocycles. The lowest BCUT2D eigenvalue weighted by atomic mass is 10.3. The van der Waals surface area contributed by atoms with E-state index in [-0.39, 0.29) is 0 Å². The van der Waals surface area contributed by atoms with Gasteiger partial charge in [0.1, 0.15) is 18.5 Å². The molecule has 0 spiro atoms. The molecular formula is C13H18ClNO2. The first kappa shape index (κ1) is 12.7. The lowest BCUT2D eigenvalue weighted by Crippen LogP contribution is -2.33. The van der Waals surface area contributed by atoms with Gasteiger partial charge >= 0.3 is 0 Å². The Hall–Kier alpha value is -0.770. The Morgan fingerprint density at radius 3 is 2.71 bits per heavy atom. The maximum absolute atomic E-state index is 9.85. The van der Waals surface area contributed by atoms with Gasteiger partial charge in [0.15, 0.2) is 0 Å². The fourth-order valence-electron chi connectivity index (χ4n) is 2.06. The molecule has 1 heterocycles. The van der Waals surface area contributed by atoms with Crippen molar-refractivity contribution < 1.29 is 9.84 Å². The molecule has 0 saturated carbocycles. The van der Waals surface area contributed by atoms with E-state index < -0.39 is 6.10 Å². The highest BCUT2D eigenvalue weighted by atomic mass is 35.5. The van der Waals surface area contributed by atoms with Crippen LogP contribution in [-0.4, -0.2) is 42.4 Å². The summed E-state index contributed by atoms with van der Waals surface area (Å²) < 4.78 is 5.50. The topological polar surface area (TPSA) is 32.7 Å². The van der Waals surface area contributed by atoms with Crippen molar-refractivity contribution >= 4 is 11.6 Å². The molecule has 0 radical (unpaired) electrons. The van der Waals surface area contributed by atoms with Crippen molar-refractivity contribution in [3.63, 3.8) is 0 Å².